The highest BCUT2D eigenvalue weighted by molar-refractivity contribution is 7.16. The van der Waals surface area contributed by atoms with E-state index >= 15 is 0 Å². The molecule has 2 saturated heterocycles. The van der Waals surface area contributed by atoms with E-state index in [4.69, 9.17) is 4.74 Å². The molecule has 0 bridgehead atoms. The van der Waals surface area contributed by atoms with Gasteiger partial charge in [-0.15, -0.1) is 11.3 Å². The number of ether oxygens (including phenoxy) is 1. The van der Waals surface area contributed by atoms with Crippen LogP contribution in [0.2, 0.25) is 0 Å². The van der Waals surface area contributed by atoms with Gasteiger partial charge in [0.05, 0.1) is 27.4 Å². The molecule has 1 spiro atoms. The Bertz CT molecular complexity index is 1080. The van der Waals surface area contributed by atoms with Crippen molar-refractivity contribution >= 4 is 45.3 Å². The number of methoxy groups -OCH3 is 1. The van der Waals surface area contributed by atoms with Crippen LogP contribution in [0, 0.1) is 15.5 Å². The predicted octanol–water partition coefficient (Wildman–Crippen LogP) is 3.70. The fourth-order valence-electron chi connectivity index (χ4n) is 4.48. The van der Waals surface area contributed by atoms with Crippen molar-refractivity contribution in [3.8, 4) is 5.75 Å². The van der Waals surface area contributed by atoms with E-state index in [9.17, 15) is 24.5 Å². The van der Waals surface area contributed by atoms with Crippen LogP contribution in [0.3, 0.4) is 0 Å². The van der Waals surface area contributed by atoms with E-state index in [0.29, 0.717) is 35.9 Å². The van der Waals surface area contributed by atoms with Crippen molar-refractivity contribution in [2.75, 3.05) is 33.3 Å². The zero-order chi connectivity index (χ0) is 23.0. The Morgan fingerprint density at radius 3 is 2.25 bits per heavy atom. The summed E-state index contributed by atoms with van der Waals surface area (Å²) in [5, 5.41) is 12.5. The van der Waals surface area contributed by atoms with Gasteiger partial charge in [0.15, 0.2) is 5.78 Å². The molecule has 2 aromatic rings. The topological polar surface area (TPSA) is 110 Å². The maximum Gasteiger partial charge on any atom is 0.366 e. The van der Waals surface area contributed by atoms with Crippen LogP contribution in [-0.4, -0.2) is 65.6 Å². The average Bonchev–Trinajstić information content (AvgIpc) is 3.51. The summed E-state index contributed by atoms with van der Waals surface area (Å²) in [5.74, 6) is -0.335. The first kappa shape index (κ1) is 22.4. The van der Waals surface area contributed by atoms with Gasteiger partial charge in [0.2, 0.25) is 5.75 Å². The third kappa shape index (κ3) is 4.02. The second kappa shape index (κ2) is 8.62. The Kier molecular flexibility index (Phi) is 6.04. The highest BCUT2D eigenvalue weighted by Crippen LogP contribution is 2.43. The number of piperidine rings is 1. The Morgan fingerprint density at radius 1 is 1.06 bits per heavy atom. The maximum absolute atomic E-state index is 13.0. The lowest BCUT2D eigenvalue weighted by molar-refractivity contribution is -0.381. The van der Waals surface area contributed by atoms with Crippen LogP contribution in [0.4, 0.5) is 5.00 Å². The van der Waals surface area contributed by atoms with Crippen molar-refractivity contribution in [1.29, 1.82) is 0 Å². The summed E-state index contributed by atoms with van der Waals surface area (Å²) in [7, 11) is 1.33. The molecule has 0 unspecified atom stereocenters. The molecule has 0 saturated carbocycles. The fourth-order valence-corrected chi connectivity index (χ4v) is 6.17. The van der Waals surface area contributed by atoms with E-state index in [1.165, 1.54) is 30.8 Å². The van der Waals surface area contributed by atoms with E-state index in [0.717, 1.165) is 30.6 Å². The van der Waals surface area contributed by atoms with Gasteiger partial charge in [0.1, 0.15) is 0 Å². The van der Waals surface area contributed by atoms with E-state index in [1.54, 1.807) is 17.0 Å². The molecule has 2 aromatic heterocycles. The molecule has 2 aliphatic rings. The highest BCUT2D eigenvalue weighted by Gasteiger charge is 2.44. The van der Waals surface area contributed by atoms with Crippen molar-refractivity contribution < 1.29 is 24.0 Å². The lowest BCUT2D eigenvalue weighted by atomic mass is 9.77. The maximum atomic E-state index is 13.0. The van der Waals surface area contributed by atoms with Gasteiger partial charge in [0.25, 0.3) is 11.8 Å². The molecule has 0 radical (unpaired) electrons. The zero-order valence-corrected chi connectivity index (χ0v) is 19.4. The Morgan fingerprint density at radius 2 is 1.69 bits per heavy atom. The molecule has 9 nitrogen and oxygen atoms in total. The average molecular weight is 478 g/mol. The lowest BCUT2D eigenvalue weighted by Gasteiger charge is -2.39. The Hall–Kier alpha value is -2.79. The van der Waals surface area contributed by atoms with Crippen molar-refractivity contribution in [3.05, 3.63) is 42.9 Å². The van der Waals surface area contributed by atoms with Crippen LogP contribution in [0.25, 0.3) is 0 Å². The Labute approximate surface area is 192 Å². The largest absolute Gasteiger partial charge is 0.489 e. The molecule has 2 amide bonds. The third-order valence-corrected chi connectivity index (χ3v) is 8.41. The zero-order valence-electron chi connectivity index (χ0n) is 17.8. The van der Waals surface area contributed by atoms with E-state index in [1.807, 2.05) is 4.90 Å². The van der Waals surface area contributed by atoms with Gasteiger partial charge in [-0.2, -0.15) is 0 Å². The molecule has 4 heterocycles. The molecule has 0 aromatic carbocycles. The number of nitro groups is 1. The summed E-state index contributed by atoms with van der Waals surface area (Å²) in [6, 6.07) is 3.40. The second-order valence-corrected chi connectivity index (χ2v) is 10.2. The van der Waals surface area contributed by atoms with Gasteiger partial charge in [0, 0.05) is 31.6 Å². The summed E-state index contributed by atoms with van der Waals surface area (Å²) >= 11 is 2.12. The van der Waals surface area contributed by atoms with Crippen molar-refractivity contribution in [3.63, 3.8) is 0 Å². The fraction of sp³-hybridized carbons (Fsp3) is 0.476. The van der Waals surface area contributed by atoms with Gasteiger partial charge < -0.3 is 14.5 Å². The van der Waals surface area contributed by atoms with Crippen LogP contribution in [0.5, 0.6) is 5.75 Å². The molecule has 0 aliphatic carbocycles. The SMILES string of the molecule is COc1c(C(=O)N2CCC3(CCN(C(=O)c4ccc(C(C)=O)s4)CC3)C2)csc1[N+](=O)[O-]. The molecule has 0 atom stereocenters. The van der Waals surface area contributed by atoms with Crippen LogP contribution in [0.1, 0.15) is 55.9 Å². The molecule has 4 rings (SSSR count). The lowest BCUT2D eigenvalue weighted by Crippen LogP contribution is -2.44. The van der Waals surface area contributed by atoms with Gasteiger partial charge in [-0.3, -0.25) is 24.5 Å². The van der Waals surface area contributed by atoms with E-state index < -0.39 is 4.92 Å². The van der Waals surface area contributed by atoms with Gasteiger partial charge in [-0.25, -0.2) is 0 Å². The predicted molar refractivity (Wildman–Crippen MR) is 120 cm³/mol. The van der Waals surface area contributed by atoms with Crippen LogP contribution in [0.15, 0.2) is 17.5 Å². The number of ketones is 1. The summed E-state index contributed by atoms with van der Waals surface area (Å²) in [5.41, 5.74) is 0.176. The number of likely N-dealkylation sites (tertiary alicyclic amines) is 2. The van der Waals surface area contributed by atoms with Crippen LogP contribution >= 0.6 is 22.7 Å². The second-order valence-electron chi connectivity index (χ2n) is 8.23. The number of carbonyl (C=O) groups excluding carboxylic acids is 3. The summed E-state index contributed by atoms with van der Waals surface area (Å²) in [4.78, 5) is 52.7. The number of nitrogens with zero attached hydrogens (tertiary/aromatic N) is 3. The summed E-state index contributed by atoms with van der Waals surface area (Å²) in [6.45, 7) is 3.82. The van der Waals surface area contributed by atoms with Crippen molar-refractivity contribution in [2.45, 2.75) is 26.2 Å². The quantitative estimate of drug-likeness (QED) is 0.369. The molecular formula is C21H23N3O6S2. The van der Waals surface area contributed by atoms with Crippen molar-refractivity contribution in [1.82, 2.24) is 9.80 Å². The third-order valence-electron chi connectivity index (χ3n) is 6.33. The number of Topliss-reactive ketones (excluding diaryl/α,β-unsaturated/α-hetero) is 1. The summed E-state index contributed by atoms with van der Waals surface area (Å²) < 4.78 is 5.15. The van der Waals surface area contributed by atoms with Gasteiger partial charge >= 0.3 is 5.00 Å². The molecule has 32 heavy (non-hydrogen) atoms. The molecular weight excluding hydrogens is 454 g/mol. The van der Waals surface area contributed by atoms with Crippen LogP contribution in [-0.2, 0) is 0 Å². The minimum Gasteiger partial charge on any atom is -0.489 e. The Balaban J connectivity index is 1.40. The standard InChI is InChI=1S/C21H23N3O6S2/c1-13(25)15-3-4-16(32-15)19(27)22-8-5-21(6-9-22)7-10-23(12-21)18(26)14-11-31-20(24(28)29)17(14)30-2/h3-4,11H,5-10,12H2,1-2H3. The number of rotatable bonds is 5. The minimum atomic E-state index is -0.536. The number of thiophene rings is 2. The highest BCUT2D eigenvalue weighted by atomic mass is 32.1. The van der Waals surface area contributed by atoms with E-state index in [2.05, 4.69) is 0 Å². The molecule has 11 heteroatoms. The number of amides is 2. The molecule has 0 N–H and O–H groups in total. The first-order chi connectivity index (χ1) is 15.2. The molecule has 2 aliphatic heterocycles. The number of carbonyl (C=O) groups is 3. The van der Waals surface area contributed by atoms with E-state index in [-0.39, 0.29) is 39.3 Å². The number of hydrogen-bond acceptors (Lipinski definition) is 8. The van der Waals surface area contributed by atoms with Gasteiger partial charge in [-0.05, 0) is 43.7 Å². The summed E-state index contributed by atoms with van der Waals surface area (Å²) in [6.07, 6.45) is 2.41. The number of hydrogen-bond donors (Lipinski definition) is 0. The van der Waals surface area contributed by atoms with Crippen molar-refractivity contribution in [2.24, 2.45) is 5.41 Å². The molecule has 170 valence electrons. The normalized spacial score (nSPS) is 17.6. The monoisotopic (exact) mass is 477 g/mol. The smallest absolute Gasteiger partial charge is 0.366 e. The first-order valence-electron chi connectivity index (χ1n) is 10.2. The van der Waals surface area contributed by atoms with Crippen LogP contribution < -0.4 is 4.74 Å². The van der Waals surface area contributed by atoms with Gasteiger partial charge in [-0.1, -0.05) is 11.3 Å². The molecule has 2 fully saturated rings. The first-order valence-corrected chi connectivity index (χ1v) is 11.9. The minimum absolute atomic E-state index is 0.0206.